The van der Waals surface area contributed by atoms with Crippen LogP contribution in [0.4, 0.5) is 15.8 Å². The molecule has 0 bridgehead atoms. The summed E-state index contributed by atoms with van der Waals surface area (Å²) in [6, 6.07) is 10.2. The molecule has 0 atom stereocenters. The van der Waals surface area contributed by atoms with E-state index in [1.807, 2.05) is 32.0 Å². The molecule has 0 unspecified atom stereocenters. The summed E-state index contributed by atoms with van der Waals surface area (Å²) in [5.74, 6) is -0.968. The van der Waals surface area contributed by atoms with Crippen LogP contribution >= 0.6 is 0 Å². The third-order valence-corrected chi connectivity index (χ3v) is 3.53. The Morgan fingerprint density at radius 1 is 1.10 bits per heavy atom. The van der Waals surface area contributed by atoms with E-state index in [-0.39, 0.29) is 17.2 Å². The molecule has 0 spiro atoms. The van der Waals surface area contributed by atoms with Gasteiger partial charge >= 0.3 is 0 Å². The number of para-hydroxylation sites is 2. The monoisotopic (exact) mass is 286 g/mol. The lowest BCUT2D eigenvalue weighted by Crippen LogP contribution is -2.17. The minimum Gasteiger partial charge on any atom is -0.396 e. The first-order valence-corrected chi connectivity index (χ1v) is 7.04. The fourth-order valence-electron chi connectivity index (χ4n) is 2.32. The Bertz CT molecular complexity index is 646. The maximum Gasteiger partial charge on any atom is 0.257 e. The van der Waals surface area contributed by atoms with E-state index in [0.717, 1.165) is 29.7 Å². The average Bonchev–Trinajstić information content (AvgIpc) is 2.50. The molecule has 110 valence electrons. The molecule has 0 heterocycles. The van der Waals surface area contributed by atoms with E-state index in [1.165, 1.54) is 18.2 Å². The molecule has 0 aliphatic heterocycles. The lowest BCUT2D eigenvalue weighted by atomic mass is 10.0. The summed E-state index contributed by atoms with van der Waals surface area (Å²) in [6.45, 7) is 4.06. The molecule has 4 heteroatoms. The van der Waals surface area contributed by atoms with Crippen LogP contribution in [0.15, 0.2) is 36.4 Å². The molecule has 0 aliphatic carbocycles. The highest BCUT2D eigenvalue weighted by molar-refractivity contribution is 6.08. The van der Waals surface area contributed by atoms with E-state index < -0.39 is 5.82 Å². The van der Waals surface area contributed by atoms with Crippen LogP contribution in [0.2, 0.25) is 0 Å². The van der Waals surface area contributed by atoms with Gasteiger partial charge in [0.15, 0.2) is 0 Å². The quantitative estimate of drug-likeness (QED) is 0.840. The SMILES string of the molecule is CCc1cccc(CC)c1NC(=O)c1cccc(F)c1N. The Kier molecular flexibility index (Phi) is 4.58. The molecule has 21 heavy (non-hydrogen) atoms. The van der Waals surface area contributed by atoms with Crippen LogP contribution in [0.3, 0.4) is 0 Å². The summed E-state index contributed by atoms with van der Waals surface area (Å²) in [4.78, 5) is 12.4. The van der Waals surface area contributed by atoms with Crippen molar-refractivity contribution in [1.29, 1.82) is 0 Å². The zero-order chi connectivity index (χ0) is 15.4. The zero-order valence-electron chi connectivity index (χ0n) is 12.2. The second-order valence-electron chi connectivity index (χ2n) is 4.81. The predicted octanol–water partition coefficient (Wildman–Crippen LogP) is 3.79. The summed E-state index contributed by atoms with van der Waals surface area (Å²) in [5, 5.41) is 2.88. The molecule has 3 nitrogen and oxygen atoms in total. The number of aryl methyl sites for hydroxylation is 2. The van der Waals surface area contributed by atoms with Gasteiger partial charge in [-0.2, -0.15) is 0 Å². The van der Waals surface area contributed by atoms with Gasteiger partial charge in [0.05, 0.1) is 11.3 Å². The van der Waals surface area contributed by atoms with Crippen molar-refractivity contribution in [2.75, 3.05) is 11.1 Å². The number of halogens is 1. The van der Waals surface area contributed by atoms with Crippen LogP contribution in [0.5, 0.6) is 0 Å². The van der Waals surface area contributed by atoms with Gasteiger partial charge in [0, 0.05) is 5.69 Å². The number of carbonyl (C=O) groups excluding carboxylic acids is 1. The number of rotatable bonds is 4. The summed E-state index contributed by atoms with van der Waals surface area (Å²) in [5.41, 5.74) is 8.58. The van der Waals surface area contributed by atoms with Gasteiger partial charge in [-0.15, -0.1) is 0 Å². The molecule has 3 N–H and O–H groups in total. The number of carbonyl (C=O) groups is 1. The molecule has 0 radical (unpaired) electrons. The van der Waals surface area contributed by atoms with Gasteiger partial charge < -0.3 is 11.1 Å². The van der Waals surface area contributed by atoms with Crippen molar-refractivity contribution >= 4 is 17.3 Å². The number of nitrogen functional groups attached to an aromatic ring is 1. The van der Waals surface area contributed by atoms with Crippen LogP contribution in [-0.2, 0) is 12.8 Å². The number of hydrogen-bond donors (Lipinski definition) is 2. The molecule has 2 aromatic carbocycles. The highest BCUT2D eigenvalue weighted by Gasteiger charge is 2.15. The van der Waals surface area contributed by atoms with Crippen molar-refractivity contribution in [2.45, 2.75) is 26.7 Å². The van der Waals surface area contributed by atoms with Gasteiger partial charge in [-0.3, -0.25) is 4.79 Å². The van der Waals surface area contributed by atoms with Crippen LogP contribution in [-0.4, -0.2) is 5.91 Å². The second kappa shape index (κ2) is 6.39. The molecule has 2 aromatic rings. The largest absolute Gasteiger partial charge is 0.396 e. The van der Waals surface area contributed by atoms with E-state index in [0.29, 0.717) is 0 Å². The third-order valence-electron chi connectivity index (χ3n) is 3.53. The molecular formula is C17H19FN2O. The maximum atomic E-state index is 13.5. The number of anilines is 2. The van der Waals surface area contributed by atoms with Crippen molar-refractivity contribution in [3.63, 3.8) is 0 Å². The molecule has 0 aromatic heterocycles. The lowest BCUT2D eigenvalue weighted by Gasteiger charge is -2.15. The van der Waals surface area contributed by atoms with Gasteiger partial charge in [0.1, 0.15) is 5.82 Å². The van der Waals surface area contributed by atoms with Crippen LogP contribution in [0.25, 0.3) is 0 Å². The van der Waals surface area contributed by atoms with Crippen molar-refractivity contribution in [1.82, 2.24) is 0 Å². The van der Waals surface area contributed by atoms with Gasteiger partial charge in [-0.05, 0) is 36.1 Å². The molecule has 0 saturated heterocycles. The van der Waals surface area contributed by atoms with Crippen LogP contribution in [0.1, 0.15) is 35.3 Å². The van der Waals surface area contributed by atoms with E-state index in [9.17, 15) is 9.18 Å². The topological polar surface area (TPSA) is 55.1 Å². The zero-order valence-corrected chi connectivity index (χ0v) is 12.2. The van der Waals surface area contributed by atoms with E-state index >= 15 is 0 Å². The second-order valence-corrected chi connectivity index (χ2v) is 4.81. The number of hydrogen-bond acceptors (Lipinski definition) is 2. The smallest absolute Gasteiger partial charge is 0.257 e. The highest BCUT2D eigenvalue weighted by Crippen LogP contribution is 2.24. The fourth-order valence-corrected chi connectivity index (χ4v) is 2.32. The number of nitrogens with one attached hydrogen (secondary N) is 1. The predicted molar refractivity (Wildman–Crippen MR) is 84.0 cm³/mol. The van der Waals surface area contributed by atoms with Crippen molar-refractivity contribution in [3.05, 3.63) is 58.9 Å². The minimum absolute atomic E-state index is 0.123. The Labute approximate surface area is 124 Å². The molecule has 2 rings (SSSR count). The Hall–Kier alpha value is -2.36. The minimum atomic E-state index is -0.581. The van der Waals surface area contributed by atoms with Crippen molar-refractivity contribution in [3.8, 4) is 0 Å². The molecule has 0 saturated carbocycles. The Balaban J connectivity index is 2.38. The molecule has 0 fully saturated rings. The first kappa shape index (κ1) is 15.0. The molecular weight excluding hydrogens is 267 g/mol. The summed E-state index contributed by atoms with van der Waals surface area (Å²) >= 11 is 0. The van der Waals surface area contributed by atoms with Crippen LogP contribution in [0, 0.1) is 5.82 Å². The number of amides is 1. The Morgan fingerprint density at radius 2 is 1.67 bits per heavy atom. The normalized spacial score (nSPS) is 10.4. The molecule has 1 amide bonds. The third kappa shape index (κ3) is 3.05. The van der Waals surface area contributed by atoms with Gasteiger partial charge in [0.25, 0.3) is 5.91 Å². The summed E-state index contributed by atoms with van der Waals surface area (Å²) < 4.78 is 13.5. The van der Waals surface area contributed by atoms with Gasteiger partial charge in [-0.1, -0.05) is 38.1 Å². The van der Waals surface area contributed by atoms with E-state index in [4.69, 9.17) is 5.73 Å². The summed E-state index contributed by atoms with van der Waals surface area (Å²) in [6.07, 6.45) is 1.62. The first-order valence-electron chi connectivity index (χ1n) is 7.04. The lowest BCUT2D eigenvalue weighted by molar-refractivity contribution is 0.102. The van der Waals surface area contributed by atoms with Gasteiger partial charge in [0.2, 0.25) is 0 Å². The standard InChI is InChI=1S/C17H19FN2O/c1-3-11-7-5-8-12(4-2)16(11)20-17(21)13-9-6-10-14(18)15(13)19/h5-10H,3-4,19H2,1-2H3,(H,20,21). The number of benzene rings is 2. The maximum absolute atomic E-state index is 13.5. The average molecular weight is 286 g/mol. The van der Waals surface area contributed by atoms with E-state index in [1.54, 1.807) is 0 Å². The summed E-state index contributed by atoms with van der Waals surface area (Å²) in [7, 11) is 0. The fraction of sp³-hybridized carbons (Fsp3) is 0.235. The Morgan fingerprint density at radius 3 is 2.24 bits per heavy atom. The highest BCUT2D eigenvalue weighted by atomic mass is 19.1. The van der Waals surface area contributed by atoms with Crippen molar-refractivity contribution in [2.24, 2.45) is 0 Å². The van der Waals surface area contributed by atoms with Gasteiger partial charge in [-0.25, -0.2) is 4.39 Å². The van der Waals surface area contributed by atoms with Crippen LogP contribution < -0.4 is 11.1 Å². The van der Waals surface area contributed by atoms with Crippen molar-refractivity contribution < 1.29 is 9.18 Å². The van der Waals surface area contributed by atoms with E-state index in [2.05, 4.69) is 5.32 Å². The molecule has 0 aliphatic rings. The number of nitrogens with two attached hydrogens (primary N) is 1. The first-order chi connectivity index (χ1) is 10.1.